The third-order valence-corrected chi connectivity index (χ3v) is 3.47. The van der Waals surface area contributed by atoms with E-state index in [2.05, 4.69) is 5.32 Å². The van der Waals surface area contributed by atoms with Gasteiger partial charge < -0.3 is 11.1 Å². The van der Waals surface area contributed by atoms with Crippen LogP contribution in [0.2, 0.25) is 6.04 Å². The van der Waals surface area contributed by atoms with E-state index in [-0.39, 0.29) is 0 Å². The molecule has 0 fully saturated rings. The number of hydrogen-bond acceptors (Lipinski definition) is 2. The van der Waals surface area contributed by atoms with Gasteiger partial charge in [-0.15, -0.1) is 0 Å². The Kier molecular flexibility index (Phi) is 14.3. The van der Waals surface area contributed by atoms with Gasteiger partial charge in [-0.3, -0.25) is 0 Å². The van der Waals surface area contributed by atoms with E-state index in [9.17, 15) is 0 Å². The molecule has 0 bridgehead atoms. The molecule has 0 saturated carbocycles. The summed E-state index contributed by atoms with van der Waals surface area (Å²) in [6, 6.07) is 1.44. The lowest BCUT2D eigenvalue weighted by atomic mass is 10.1. The Bertz CT molecular complexity index is 97.8. The van der Waals surface area contributed by atoms with E-state index in [0.29, 0.717) is 0 Å². The second-order valence-corrected chi connectivity index (χ2v) is 5.37. The fourth-order valence-corrected chi connectivity index (χ4v) is 2.06. The van der Waals surface area contributed by atoms with Gasteiger partial charge in [0.2, 0.25) is 0 Å². The molecule has 92 valence electrons. The number of nitrogens with one attached hydrogen (secondary N) is 1. The minimum absolute atomic E-state index is 0.865. The fourth-order valence-electron chi connectivity index (χ4n) is 1.70. The van der Waals surface area contributed by atoms with Crippen LogP contribution in [0.4, 0.5) is 0 Å². The van der Waals surface area contributed by atoms with Crippen molar-refractivity contribution in [1.82, 2.24) is 5.32 Å². The predicted molar refractivity (Wildman–Crippen MR) is 73.6 cm³/mol. The van der Waals surface area contributed by atoms with Crippen molar-refractivity contribution in [3.8, 4) is 0 Å². The van der Waals surface area contributed by atoms with Crippen molar-refractivity contribution in [3.63, 3.8) is 0 Å². The molecule has 0 amide bonds. The van der Waals surface area contributed by atoms with E-state index in [1.807, 2.05) is 0 Å². The molecular weight excluding hydrogens is 200 g/mol. The van der Waals surface area contributed by atoms with Crippen LogP contribution in [0.3, 0.4) is 0 Å². The molecule has 0 atom stereocenters. The highest BCUT2D eigenvalue weighted by atomic mass is 28.1. The highest BCUT2D eigenvalue weighted by molar-refractivity contribution is 6.08. The molecule has 0 aliphatic rings. The summed E-state index contributed by atoms with van der Waals surface area (Å²) in [6.45, 7) is 3.33. The van der Waals surface area contributed by atoms with Crippen LogP contribution in [0.1, 0.15) is 51.4 Å². The Balaban J connectivity index is 2.81. The van der Waals surface area contributed by atoms with Crippen molar-refractivity contribution < 1.29 is 0 Å². The smallest absolute Gasteiger partial charge is 0.00286 e. The Morgan fingerprint density at radius 2 is 1.27 bits per heavy atom. The van der Waals surface area contributed by atoms with Crippen LogP contribution in [0.25, 0.3) is 0 Å². The van der Waals surface area contributed by atoms with Crippen molar-refractivity contribution >= 4 is 10.2 Å². The van der Waals surface area contributed by atoms with E-state index < -0.39 is 0 Å². The molecule has 3 heteroatoms. The standard InChI is InChI=1S/C12H30N2Si/c13-9-6-4-2-1-3-5-7-10-14-11-8-12-15/h14H,1-13H2,15H3. The maximum absolute atomic E-state index is 5.44. The summed E-state index contributed by atoms with van der Waals surface area (Å²) in [7, 11) is 1.36. The van der Waals surface area contributed by atoms with Crippen LogP contribution in [-0.4, -0.2) is 29.9 Å². The summed E-state index contributed by atoms with van der Waals surface area (Å²) in [6.07, 6.45) is 10.9. The normalized spacial score (nSPS) is 11.0. The van der Waals surface area contributed by atoms with Crippen molar-refractivity contribution in [2.45, 2.75) is 57.4 Å². The molecular formula is C12H30N2Si. The largest absolute Gasteiger partial charge is 0.330 e. The number of nitrogens with two attached hydrogens (primary N) is 1. The quantitative estimate of drug-likeness (QED) is 0.393. The van der Waals surface area contributed by atoms with Crippen molar-refractivity contribution in [3.05, 3.63) is 0 Å². The Morgan fingerprint density at radius 3 is 1.87 bits per heavy atom. The monoisotopic (exact) mass is 230 g/mol. The van der Waals surface area contributed by atoms with Crippen LogP contribution in [-0.2, 0) is 0 Å². The van der Waals surface area contributed by atoms with Gasteiger partial charge in [0.1, 0.15) is 0 Å². The molecule has 2 nitrogen and oxygen atoms in total. The third kappa shape index (κ3) is 14.1. The van der Waals surface area contributed by atoms with Gasteiger partial charge in [0.15, 0.2) is 0 Å². The molecule has 0 aliphatic carbocycles. The van der Waals surface area contributed by atoms with E-state index in [0.717, 1.165) is 6.54 Å². The third-order valence-electron chi connectivity index (χ3n) is 2.76. The van der Waals surface area contributed by atoms with Crippen molar-refractivity contribution in [1.29, 1.82) is 0 Å². The Labute approximate surface area is 98.8 Å². The van der Waals surface area contributed by atoms with Crippen LogP contribution in [0, 0.1) is 0 Å². The van der Waals surface area contributed by atoms with Gasteiger partial charge in [0.05, 0.1) is 0 Å². The summed E-state index contributed by atoms with van der Waals surface area (Å²) < 4.78 is 0. The summed E-state index contributed by atoms with van der Waals surface area (Å²) in [5.41, 5.74) is 5.44. The first kappa shape index (κ1) is 15.1. The topological polar surface area (TPSA) is 38.0 Å². The van der Waals surface area contributed by atoms with Crippen LogP contribution >= 0.6 is 0 Å². The minimum atomic E-state index is 0.865. The summed E-state index contributed by atoms with van der Waals surface area (Å²) >= 11 is 0. The molecule has 3 N–H and O–H groups in total. The zero-order valence-corrected chi connectivity index (χ0v) is 12.6. The molecule has 0 spiro atoms. The first-order chi connectivity index (χ1) is 7.41. The maximum Gasteiger partial charge on any atom is 0.00286 e. The highest BCUT2D eigenvalue weighted by Gasteiger charge is 1.91. The first-order valence-electron chi connectivity index (χ1n) is 6.82. The average molecular weight is 230 g/mol. The number of hydrogen-bond donors (Lipinski definition) is 2. The van der Waals surface area contributed by atoms with Gasteiger partial charge in [-0.05, 0) is 38.9 Å². The molecule has 0 aromatic carbocycles. The molecule has 0 unspecified atom stereocenters. The number of unbranched alkanes of at least 4 members (excludes halogenated alkanes) is 6. The maximum atomic E-state index is 5.44. The fraction of sp³-hybridized carbons (Fsp3) is 1.00. The lowest BCUT2D eigenvalue weighted by Crippen LogP contribution is -2.16. The second kappa shape index (κ2) is 14.1. The predicted octanol–water partition coefficient (Wildman–Crippen LogP) is 1.44. The van der Waals surface area contributed by atoms with Gasteiger partial charge in [-0.25, -0.2) is 0 Å². The summed E-state index contributed by atoms with van der Waals surface area (Å²) in [5.74, 6) is 0. The van der Waals surface area contributed by atoms with Crippen molar-refractivity contribution in [2.24, 2.45) is 5.73 Å². The molecule has 0 aliphatic heterocycles. The van der Waals surface area contributed by atoms with Crippen LogP contribution in [0.15, 0.2) is 0 Å². The van der Waals surface area contributed by atoms with E-state index in [1.54, 1.807) is 0 Å². The second-order valence-electron chi connectivity index (χ2n) is 4.37. The SMILES string of the molecule is NCCCCCCCCCNCCC[SiH3]. The first-order valence-corrected chi connectivity index (χ1v) is 8.24. The lowest BCUT2D eigenvalue weighted by molar-refractivity contribution is 0.558. The van der Waals surface area contributed by atoms with Crippen LogP contribution in [0.5, 0.6) is 0 Å². The zero-order valence-electron chi connectivity index (χ0n) is 10.6. The van der Waals surface area contributed by atoms with Gasteiger partial charge in [0, 0.05) is 10.2 Å². The Morgan fingerprint density at radius 1 is 0.733 bits per heavy atom. The van der Waals surface area contributed by atoms with Gasteiger partial charge in [-0.2, -0.15) is 0 Å². The zero-order chi connectivity index (χ0) is 11.2. The van der Waals surface area contributed by atoms with Gasteiger partial charge in [-0.1, -0.05) is 38.1 Å². The lowest BCUT2D eigenvalue weighted by Gasteiger charge is -2.03. The average Bonchev–Trinajstić information content (AvgIpc) is 2.26. The van der Waals surface area contributed by atoms with Crippen molar-refractivity contribution in [2.75, 3.05) is 19.6 Å². The molecule has 0 rings (SSSR count). The van der Waals surface area contributed by atoms with Gasteiger partial charge >= 0.3 is 0 Å². The molecule has 0 saturated heterocycles. The number of rotatable bonds is 12. The highest BCUT2D eigenvalue weighted by Crippen LogP contribution is 2.06. The van der Waals surface area contributed by atoms with Gasteiger partial charge in [0.25, 0.3) is 0 Å². The minimum Gasteiger partial charge on any atom is -0.330 e. The van der Waals surface area contributed by atoms with E-state index in [4.69, 9.17) is 5.73 Å². The molecule has 15 heavy (non-hydrogen) atoms. The molecule has 0 aromatic heterocycles. The molecule has 0 heterocycles. The van der Waals surface area contributed by atoms with Crippen LogP contribution < -0.4 is 11.1 Å². The summed E-state index contributed by atoms with van der Waals surface area (Å²) in [5, 5.41) is 3.50. The molecule has 0 radical (unpaired) electrons. The van der Waals surface area contributed by atoms with E-state index >= 15 is 0 Å². The molecule has 0 aromatic rings. The Hall–Kier alpha value is 0.137. The van der Waals surface area contributed by atoms with E-state index in [1.165, 1.54) is 80.7 Å². The summed E-state index contributed by atoms with van der Waals surface area (Å²) in [4.78, 5) is 0.